The zero-order valence-corrected chi connectivity index (χ0v) is 9.35. The first kappa shape index (κ1) is 10.9. The van der Waals surface area contributed by atoms with Crippen LogP contribution in [0.15, 0.2) is 0 Å². The molecule has 4 nitrogen and oxygen atoms in total. The molecule has 2 atom stereocenters. The molecule has 0 amide bonds. The van der Waals surface area contributed by atoms with Crippen LogP contribution in [0, 0.1) is 5.92 Å². The highest BCUT2D eigenvalue weighted by atomic mass is 16.4. The van der Waals surface area contributed by atoms with Gasteiger partial charge in [-0.3, -0.25) is 9.69 Å². The number of piperidine rings is 1. The Balaban J connectivity index is 2.03. The predicted octanol–water partition coefficient (Wildman–Crippen LogP) is 0.487. The molecule has 0 saturated carbocycles. The highest BCUT2D eigenvalue weighted by molar-refractivity contribution is 5.71. The Morgan fingerprint density at radius 1 is 1.27 bits per heavy atom. The summed E-state index contributed by atoms with van der Waals surface area (Å²) < 4.78 is 0. The molecule has 2 saturated heterocycles. The molecule has 4 heteroatoms. The molecule has 0 aromatic heterocycles. The largest absolute Gasteiger partial charge is 0.481 e. The van der Waals surface area contributed by atoms with Gasteiger partial charge in [-0.2, -0.15) is 0 Å². The lowest BCUT2D eigenvalue weighted by molar-refractivity contribution is -0.146. The first-order valence-electron chi connectivity index (χ1n) is 5.84. The molecule has 1 N–H and O–H groups in total. The number of rotatable bonds is 2. The third-order valence-electron chi connectivity index (χ3n) is 3.71. The molecule has 2 rings (SSSR count). The van der Waals surface area contributed by atoms with Gasteiger partial charge in [-0.05, 0) is 45.9 Å². The van der Waals surface area contributed by atoms with Crippen molar-refractivity contribution in [3.63, 3.8) is 0 Å². The molecule has 2 unspecified atom stereocenters. The minimum Gasteiger partial charge on any atom is -0.481 e. The maximum Gasteiger partial charge on any atom is 0.309 e. The first-order chi connectivity index (χ1) is 7.18. The van der Waals surface area contributed by atoms with E-state index in [1.54, 1.807) is 0 Å². The SMILES string of the molecule is CN1CCC(N2CCCC2)C(C(=O)O)C1. The molecule has 0 spiro atoms. The van der Waals surface area contributed by atoms with Crippen LogP contribution in [0.3, 0.4) is 0 Å². The number of carboxylic acid groups (broad SMARTS) is 1. The van der Waals surface area contributed by atoms with Gasteiger partial charge >= 0.3 is 5.97 Å². The van der Waals surface area contributed by atoms with Crippen LogP contribution in [0.4, 0.5) is 0 Å². The second kappa shape index (κ2) is 4.49. The molecule has 0 bridgehead atoms. The van der Waals surface area contributed by atoms with Gasteiger partial charge in [0, 0.05) is 12.6 Å². The number of hydrogen-bond donors (Lipinski definition) is 1. The summed E-state index contributed by atoms with van der Waals surface area (Å²) in [6, 6.07) is 0.279. The van der Waals surface area contributed by atoms with Crippen LogP contribution < -0.4 is 0 Å². The zero-order chi connectivity index (χ0) is 10.8. The van der Waals surface area contributed by atoms with Crippen LogP contribution in [-0.2, 0) is 4.79 Å². The summed E-state index contributed by atoms with van der Waals surface area (Å²) >= 11 is 0. The van der Waals surface area contributed by atoms with Crippen molar-refractivity contribution in [2.24, 2.45) is 5.92 Å². The number of carbonyl (C=O) groups is 1. The monoisotopic (exact) mass is 212 g/mol. The van der Waals surface area contributed by atoms with Crippen LogP contribution in [0.1, 0.15) is 19.3 Å². The number of likely N-dealkylation sites (tertiary alicyclic amines) is 2. The summed E-state index contributed by atoms with van der Waals surface area (Å²) in [5.41, 5.74) is 0. The first-order valence-corrected chi connectivity index (χ1v) is 5.84. The van der Waals surface area contributed by atoms with E-state index in [4.69, 9.17) is 0 Å². The van der Waals surface area contributed by atoms with Gasteiger partial charge in [-0.25, -0.2) is 0 Å². The number of nitrogens with zero attached hydrogens (tertiary/aromatic N) is 2. The van der Waals surface area contributed by atoms with Gasteiger partial charge in [0.1, 0.15) is 0 Å². The number of carboxylic acids is 1. The minimum atomic E-state index is -0.626. The van der Waals surface area contributed by atoms with E-state index in [0.717, 1.165) is 26.1 Å². The van der Waals surface area contributed by atoms with E-state index in [1.165, 1.54) is 12.8 Å². The Kier molecular flexibility index (Phi) is 3.26. The lowest BCUT2D eigenvalue weighted by Crippen LogP contribution is -2.52. The van der Waals surface area contributed by atoms with Gasteiger partial charge in [-0.1, -0.05) is 0 Å². The maximum atomic E-state index is 11.2. The zero-order valence-electron chi connectivity index (χ0n) is 9.35. The third kappa shape index (κ3) is 2.32. The van der Waals surface area contributed by atoms with Crippen molar-refractivity contribution in [3.8, 4) is 0 Å². The van der Waals surface area contributed by atoms with Crippen molar-refractivity contribution in [2.45, 2.75) is 25.3 Å². The molecule has 0 radical (unpaired) electrons. The van der Waals surface area contributed by atoms with Crippen molar-refractivity contribution in [1.29, 1.82) is 0 Å². The van der Waals surface area contributed by atoms with Crippen LogP contribution >= 0.6 is 0 Å². The molecule has 2 aliphatic rings. The van der Waals surface area contributed by atoms with Gasteiger partial charge in [0.15, 0.2) is 0 Å². The van der Waals surface area contributed by atoms with E-state index in [0.29, 0.717) is 6.54 Å². The maximum absolute atomic E-state index is 11.2. The van der Waals surface area contributed by atoms with Crippen LogP contribution in [0.5, 0.6) is 0 Å². The second-order valence-corrected chi connectivity index (χ2v) is 4.81. The molecule has 2 aliphatic heterocycles. The van der Waals surface area contributed by atoms with E-state index in [2.05, 4.69) is 9.80 Å². The summed E-state index contributed by atoms with van der Waals surface area (Å²) in [4.78, 5) is 15.7. The minimum absolute atomic E-state index is 0.193. The van der Waals surface area contributed by atoms with E-state index in [1.807, 2.05) is 7.05 Å². The molecular formula is C11H20N2O2. The average Bonchev–Trinajstić information content (AvgIpc) is 2.70. The van der Waals surface area contributed by atoms with Crippen molar-refractivity contribution in [3.05, 3.63) is 0 Å². The van der Waals surface area contributed by atoms with Gasteiger partial charge in [0.2, 0.25) is 0 Å². The standard InChI is InChI=1S/C11H20N2O2/c1-12-7-4-10(9(8-12)11(14)15)13-5-2-3-6-13/h9-10H,2-8H2,1H3,(H,14,15). The van der Waals surface area contributed by atoms with Gasteiger partial charge in [0.05, 0.1) is 5.92 Å². The Bertz CT molecular complexity index is 239. The van der Waals surface area contributed by atoms with E-state index >= 15 is 0 Å². The highest BCUT2D eigenvalue weighted by Crippen LogP contribution is 2.25. The van der Waals surface area contributed by atoms with E-state index < -0.39 is 5.97 Å². The lowest BCUT2D eigenvalue weighted by Gasteiger charge is -2.39. The summed E-state index contributed by atoms with van der Waals surface area (Å²) in [6.45, 7) is 3.93. The van der Waals surface area contributed by atoms with Crippen LogP contribution in [-0.4, -0.2) is 60.1 Å². The Hall–Kier alpha value is -0.610. The molecule has 0 aliphatic carbocycles. The van der Waals surface area contributed by atoms with Gasteiger partial charge < -0.3 is 10.0 Å². The Labute approximate surface area is 90.9 Å². The smallest absolute Gasteiger partial charge is 0.309 e. The fourth-order valence-electron chi connectivity index (χ4n) is 2.86. The molecule has 0 aromatic carbocycles. The van der Waals surface area contributed by atoms with E-state index in [9.17, 15) is 9.90 Å². The predicted molar refractivity (Wildman–Crippen MR) is 57.8 cm³/mol. The van der Waals surface area contributed by atoms with E-state index in [-0.39, 0.29) is 12.0 Å². The highest BCUT2D eigenvalue weighted by Gasteiger charge is 2.37. The molecule has 2 heterocycles. The second-order valence-electron chi connectivity index (χ2n) is 4.81. The average molecular weight is 212 g/mol. The van der Waals surface area contributed by atoms with Crippen molar-refractivity contribution < 1.29 is 9.90 Å². The third-order valence-corrected chi connectivity index (χ3v) is 3.71. The summed E-state index contributed by atoms with van der Waals surface area (Å²) in [5.74, 6) is -0.819. The van der Waals surface area contributed by atoms with Gasteiger partial charge in [0.25, 0.3) is 0 Å². The quantitative estimate of drug-likeness (QED) is 0.723. The number of hydrogen-bond acceptors (Lipinski definition) is 3. The Morgan fingerprint density at radius 3 is 2.53 bits per heavy atom. The van der Waals surface area contributed by atoms with Crippen molar-refractivity contribution in [1.82, 2.24) is 9.80 Å². The fraction of sp³-hybridized carbons (Fsp3) is 0.909. The van der Waals surface area contributed by atoms with Gasteiger partial charge in [-0.15, -0.1) is 0 Å². The lowest BCUT2D eigenvalue weighted by atomic mass is 9.91. The molecule has 15 heavy (non-hydrogen) atoms. The topological polar surface area (TPSA) is 43.8 Å². The van der Waals surface area contributed by atoms with Crippen LogP contribution in [0.25, 0.3) is 0 Å². The summed E-state index contributed by atoms with van der Waals surface area (Å²) in [5, 5.41) is 9.23. The normalized spacial score (nSPS) is 34.5. The van der Waals surface area contributed by atoms with Crippen LogP contribution in [0.2, 0.25) is 0 Å². The van der Waals surface area contributed by atoms with Crippen molar-refractivity contribution >= 4 is 5.97 Å². The molecule has 0 aromatic rings. The fourth-order valence-corrected chi connectivity index (χ4v) is 2.86. The summed E-state index contributed by atoms with van der Waals surface area (Å²) in [7, 11) is 2.01. The number of aliphatic carboxylic acids is 1. The Morgan fingerprint density at radius 2 is 1.93 bits per heavy atom. The molecule has 86 valence electrons. The molecular weight excluding hydrogens is 192 g/mol. The summed E-state index contributed by atoms with van der Waals surface area (Å²) in [6.07, 6.45) is 3.48. The molecule has 2 fully saturated rings. The van der Waals surface area contributed by atoms with Crippen molar-refractivity contribution in [2.75, 3.05) is 33.2 Å².